The molecule has 3 nitrogen and oxygen atoms in total. The first-order chi connectivity index (χ1) is 6.63. The molecule has 0 radical (unpaired) electrons. The summed E-state index contributed by atoms with van der Waals surface area (Å²) in [7, 11) is 0. The lowest BCUT2D eigenvalue weighted by Gasteiger charge is -2.09. The summed E-state index contributed by atoms with van der Waals surface area (Å²) in [5, 5.41) is 0. The van der Waals surface area contributed by atoms with Gasteiger partial charge in [-0.1, -0.05) is 0 Å². The molecule has 0 unspecified atom stereocenters. The van der Waals surface area contributed by atoms with Crippen molar-refractivity contribution in [3.63, 3.8) is 0 Å². The molecule has 3 heteroatoms. The number of hydrogen-bond acceptors (Lipinski definition) is 3. The van der Waals surface area contributed by atoms with Gasteiger partial charge in [0.15, 0.2) is 6.29 Å². The van der Waals surface area contributed by atoms with Crippen molar-refractivity contribution < 1.29 is 14.3 Å². The number of ether oxygens (including phenoxy) is 1. The van der Waals surface area contributed by atoms with E-state index >= 15 is 0 Å². The molecule has 0 heterocycles. The van der Waals surface area contributed by atoms with Crippen LogP contribution in [0.4, 0.5) is 0 Å². The van der Waals surface area contributed by atoms with Gasteiger partial charge in [-0.25, -0.2) is 0 Å². The van der Waals surface area contributed by atoms with Crippen molar-refractivity contribution in [3.8, 4) is 5.75 Å². The maximum absolute atomic E-state index is 10.9. The van der Waals surface area contributed by atoms with Crippen LogP contribution < -0.4 is 4.74 Å². The van der Waals surface area contributed by atoms with Crippen LogP contribution in [0, 0.1) is 0 Å². The highest BCUT2D eigenvalue weighted by atomic mass is 16.5. The fourth-order valence-corrected chi connectivity index (χ4v) is 1.04. The summed E-state index contributed by atoms with van der Waals surface area (Å²) < 4.78 is 5.38. The molecule has 1 aromatic rings. The lowest BCUT2D eigenvalue weighted by atomic mass is 10.1. The van der Waals surface area contributed by atoms with E-state index in [0.717, 1.165) is 0 Å². The Hall–Kier alpha value is -1.64. The Kier molecular flexibility index (Phi) is 3.40. The Morgan fingerprint density at radius 3 is 2.29 bits per heavy atom. The minimum Gasteiger partial charge on any atom is -0.491 e. The summed E-state index contributed by atoms with van der Waals surface area (Å²) in [5.41, 5.74) is 0.385. The van der Waals surface area contributed by atoms with Crippen LogP contribution in [-0.2, 0) is 4.79 Å². The van der Waals surface area contributed by atoms with E-state index in [1.165, 1.54) is 0 Å². The van der Waals surface area contributed by atoms with Gasteiger partial charge in [0.05, 0.1) is 6.10 Å². The summed E-state index contributed by atoms with van der Waals surface area (Å²) in [4.78, 5) is 21.1. The van der Waals surface area contributed by atoms with E-state index in [0.29, 0.717) is 17.6 Å². The van der Waals surface area contributed by atoms with Gasteiger partial charge in [-0.2, -0.15) is 0 Å². The third-order valence-electron chi connectivity index (χ3n) is 1.62. The first-order valence-electron chi connectivity index (χ1n) is 4.39. The normalized spacial score (nSPS) is 9.93. The highest BCUT2D eigenvalue weighted by molar-refractivity contribution is 6.33. The zero-order valence-electron chi connectivity index (χ0n) is 8.19. The molecular formula is C11H12O3. The smallest absolute Gasteiger partial charge is 0.225 e. The number of benzene rings is 1. The van der Waals surface area contributed by atoms with Crippen molar-refractivity contribution in [2.45, 2.75) is 20.0 Å². The van der Waals surface area contributed by atoms with E-state index < -0.39 is 5.78 Å². The molecule has 0 aliphatic rings. The van der Waals surface area contributed by atoms with E-state index in [1.807, 2.05) is 13.8 Å². The number of hydrogen-bond donors (Lipinski definition) is 0. The molecule has 0 saturated carbocycles. The molecule has 0 atom stereocenters. The quantitative estimate of drug-likeness (QED) is 0.415. The lowest BCUT2D eigenvalue weighted by molar-refractivity contribution is -0.104. The monoisotopic (exact) mass is 192 g/mol. The second-order valence-electron chi connectivity index (χ2n) is 3.17. The second-order valence-corrected chi connectivity index (χ2v) is 3.17. The van der Waals surface area contributed by atoms with Crippen molar-refractivity contribution >= 4 is 12.1 Å². The summed E-state index contributed by atoms with van der Waals surface area (Å²) in [6.45, 7) is 3.84. The van der Waals surface area contributed by atoms with E-state index in [-0.39, 0.29) is 6.10 Å². The van der Waals surface area contributed by atoms with Crippen LogP contribution in [0.3, 0.4) is 0 Å². The van der Waals surface area contributed by atoms with Crippen LogP contribution in [0.1, 0.15) is 24.2 Å². The summed E-state index contributed by atoms with van der Waals surface area (Å²) >= 11 is 0. The number of carbonyl (C=O) groups excluding carboxylic acids is 2. The van der Waals surface area contributed by atoms with Gasteiger partial charge >= 0.3 is 0 Å². The first kappa shape index (κ1) is 10.4. The van der Waals surface area contributed by atoms with Crippen LogP contribution in [-0.4, -0.2) is 18.2 Å². The molecule has 0 aliphatic carbocycles. The molecular weight excluding hydrogens is 180 g/mol. The topological polar surface area (TPSA) is 43.4 Å². The minimum absolute atomic E-state index is 0.0997. The number of aldehydes is 1. The molecule has 0 aliphatic heterocycles. The van der Waals surface area contributed by atoms with Crippen molar-refractivity contribution in [2.75, 3.05) is 0 Å². The lowest BCUT2D eigenvalue weighted by Crippen LogP contribution is -2.06. The fourth-order valence-electron chi connectivity index (χ4n) is 1.04. The molecule has 0 aromatic heterocycles. The van der Waals surface area contributed by atoms with Crippen LogP contribution in [0.5, 0.6) is 5.75 Å². The van der Waals surface area contributed by atoms with Gasteiger partial charge in [-0.15, -0.1) is 0 Å². The van der Waals surface area contributed by atoms with Crippen LogP contribution in [0.2, 0.25) is 0 Å². The zero-order valence-corrected chi connectivity index (χ0v) is 8.19. The zero-order chi connectivity index (χ0) is 10.6. The SMILES string of the molecule is CC(C)Oc1ccc(C(=O)C=O)cc1. The largest absolute Gasteiger partial charge is 0.491 e. The summed E-state index contributed by atoms with van der Waals surface area (Å²) in [5.74, 6) is 0.184. The van der Waals surface area contributed by atoms with Crippen LogP contribution in [0.25, 0.3) is 0 Å². The third kappa shape index (κ3) is 2.69. The molecule has 1 rings (SSSR count). The van der Waals surface area contributed by atoms with Gasteiger partial charge in [0, 0.05) is 5.56 Å². The number of rotatable bonds is 4. The Bertz CT molecular complexity index is 325. The average Bonchev–Trinajstić information content (AvgIpc) is 2.17. The van der Waals surface area contributed by atoms with Gasteiger partial charge in [0.1, 0.15) is 5.75 Å². The molecule has 0 bridgehead atoms. The van der Waals surface area contributed by atoms with Gasteiger partial charge in [-0.05, 0) is 38.1 Å². The first-order valence-corrected chi connectivity index (χ1v) is 4.39. The molecule has 0 saturated heterocycles. The van der Waals surface area contributed by atoms with E-state index in [1.54, 1.807) is 24.3 Å². The molecule has 14 heavy (non-hydrogen) atoms. The predicted molar refractivity (Wildman–Crippen MR) is 52.6 cm³/mol. The van der Waals surface area contributed by atoms with Crippen molar-refractivity contribution in [2.24, 2.45) is 0 Å². The van der Waals surface area contributed by atoms with Gasteiger partial charge in [0.25, 0.3) is 0 Å². The van der Waals surface area contributed by atoms with Crippen molar-refractivity contribution in [1.82, 2.24) is 0 Å². The Labute approximate surface area is 82.7 Å². The molecule has 0 N–H and O–H groups in total. The molecule has 0 amide bonds. The predicted octanol–water partition coefficient (Wildman–Crippen LogP) is 1.86. The van der Waals surface area contributed by atoms with E-state index in [9.17, 15) is 9.59 Å². The standard InChI is InChI=1S/C11H12O3/c1-8(2)14-10-5-3-9(4-6-10)11(13)7-12/h3-8H,1-2H3. The minimum atomic E-state index is -0.513. The second kappa shape index (κ2) is 4.56. The highest BCUT2D eigenvalue weighted by Crippen LogP contribution is 2.13. The van der Waals surface area contributed by atoms with Crippen LogP contribution in [0.15, 0.2) is 24.3 Å². The van der Waals surface area contributed by atoms with Crippen molar-refractivity contribution in [1.29, 1.82) is 0 Å². The molecule has 74 valence electrons. The maximum atomic E-state index is 10.9. The van der Waals surface area contributed by atoms with E-state index in [4.69, 9.17) is 4.74 Å². The number of carbonyl (C=O) groups is 2. The summed E-state index contributed by atoms with van der Waals surface area (Å²) in [6, 6.07) is 6.51. The van der Waals surface area contributed by atoms with Crippen molar-refractivity contribution in [3.05, 3.63) is 29.8 Å². The van der Waals surface area contributed by atoms with E-state index in [2.05, 4.69) is 0 Å². The number of Topliss-reactive ketones (excluding diaryl/α,β-unsaturated/α-hetero) is 1. The molecule has 0 fully saturated rings. The Morgan fingerprint density at radius 2 is 1.86 bits per heavy atom. The Morgan fingerprint density at radius 1 is 1.29 bits per heavy atom. The van der Waals surface area contributed by atoms with Gasteiger partial charge in [0.2, 0.25) is 5.78 Å². The maximum Gasteiger partial charge on any atom is 0.225 e. The molecule has 1 aromatic carbocycles. The number of ketones is 1. The van der Waals surface area contributed by atoms with Crippen LogP contribution >= 0.6 is 0 Å². The fraction of sp³-hybridized carbons (Fsp3) is 0.273. The Balaban J connectivity index is 2.78. The average molecular weight is 192 g/mol. The highest BCUT2D eigenvalue weighted by Gasteiger charge is 2.03. The van der Waals surface area contributed by atoms with Gasteiger partial charge in [-0.3, -0.25) is 9.59 Å². The van der Waals surface area contributed by atoms with Gasteiger partial charge < -0.3 is 4.74 Å². The third-order valence-corrected chi connectivity index (χ3v) is 1.62. The molecule has 0 spiro atoms. The summed E-state index contributed by atoms with van der Waals surface area (Å²) in [6.07, 6.45) is 0.404.